The van der Waals surface area contributed by atoms with Crippen molar-refractivity contribution in [2.24, 2.45) is 11.7 Å². The molecule has 4 rings (SSSR count). The third kappa shape index (κ3) is 3.79. The van der Waals surface area contributed by atoms with Crippen molar-refractivity contribution in [2.45, 2.75) is 25.3 Å². The van der Waals surface area contributed by atoms with Gasteiger partial charge in [0.25, 0.3) is 5.91 Å². The molecule has 6 heteroatoms. The molecular formula is C22H25N3O3. The highest BCUT2D eigenvalue weighted by molar-refractivity contribution is 6.07. The number of nitrogens with zero attached hydrogens (tertiary/aromatic N) is 1. The molecule has 2 heterocycles. The van der Waals surface area contributed by atoms with E-state index >= 15 is 0 Å². The molecule has 1 fully saturated rings. The molecule has 2 aliphatic rings. The fraction of sp³-hybridized carbons (Fsp3) is 0.364. The molecule has 0 radical (unpaired) electrons. The first-order valence-electron chi connectivity index (χ1n) is 9.77. The lowest BCUT2D eigenvalue weighted by Crippen LogP contribution is -2.44. The summed E-state index contributed by atoms with van der Waals surface area (Å²) in [5.74, 6) is -0.0778. The van der Waals surface area contributed by atoms with Gasteiger partial charge in [-0.1, -0.05) is 18.2 Å². The lowest BCUT2D eigenvalue weighted by atomic mass is 9.92. The molecule has 1 atom stereocenters. The summed E-state index contributed by atoms with van der Waals surface area (Å²) in [4.78, 5) is 27.1. The SMILES string of the molecule is NC(C(=O)Nc1ccc(C(=O)N2CCc3ccccc32)cc1)C1CCOCC1. The summed E-state index contributed by atoms with van der Waals surface area (Å²) < 4.78 is 5.32. The number of amides is 2. The topological polar surface area (TPSA) is 84.7 Å². The van der Waals surface area contributed by atoms with Crippen LogP contribution in [0.2, 0.25) is 0 Å². The Balaban J connectivity index is 1.40. The predicted octanol–water partition coefficient (Wildman–Crippen LogP) is 2.58. The second kappa shape index (κ2) is 8.12. The first kappa shape index (κ1) is 18.7. The van der Waals surface area contributed by atoms with Crippen LogP contribution in [0.25, 0.3) is 0 Å². The number of carbonyl (C=O) groups is 2. The summed E-state index contributed by atoms with van der Waals surface area (Å²) >= 11 is 0. The number of fused-ring (bicyclic) bond motifs is 1. The van der Waals surface area contributed by atoms with E-state index in [1.807, 2.05) is 23.1 Å². The van der Waals surface area contributed by atoms with Crippen LogP contribution >= 0.6 is 0 Å². The van der Waals surface area contributed by atoms with E-state index in [0.717, 1.165) is 24.9 Å². The van der Waals surface area contributed by atoms with Gasteiger partial charge in [0.1, 0.15) is 0 Å². The highest BCUT2D eigenvalue weighted by atomic mass is 16.5. The first-order valence-corrected chi connectivity index (χ1v) is 9.77. The largest absolute Gasteiger partial charge is 0.381 e. The summed E-state index contributed by atoms with van der Waals surface area (Å²) in [6.45, 7) is 2.00. The molecule has 3 N–H and O–H groups in total. The predicted molar refractivity (Wildman–Crippen MR) is 108 cm³/mol. The van der Waals surface area contributed by atoms with Gasteiger partial charge in [-0.05, 0) is 61.1 Å². The number of carbonyl (C=O) groups excluding carboxylic acids is 2. The van der Waals surface area contributed by atoms with Gasteiger partial charge in [0.05, 0.1) is 6.04 Å². The van der Waals surface area contributed by atoms with Crippen molar-refractivity contribution in [3.8, 4) is 0 Å². The van der Waals surface area contributed by atoms with Gasteiger partial charge in [-0.25, -0.2) is 0 Å². The Labute approximate surface area is 164 Å². The second-order valence-corrected chi connectivity index (χ2v) is 7.38. The van der Waals surface area contributed by atoms with Crippen LogP contribution in [0.3, 0.4) is 0 Å². The van der Waals surface area contributed by atoms with Crippen LogP contribution in [0.1, 0.15) is 28.8 Å². The van der Waals surface area contributed by atoms with Crippen molar-refractivity contribution < 1.29 is 14.3 Å². The average molecular weight is 379 g/mol. The van der Waals surface area contributed by atoms with Crippen LogP contribution in [-0.2, 0) is 16.0 Å². The molecule has 0 aromatic heterocycles. The van der Waals surface area contributed by atoms with Gasteiger partial charge in [-0.15, -0.1) is 0 Å². The van der Waals surface area contributed by atoms with E-state index in [4.69, 9.17) is 10.5 Å². The molecule has 2 aromatic carbocycles. The zero-order valence-corrected chi connectivity index (χ0v) is 15.8. The van der Waals surface area contributed by atoms with Crippen LogP contribution in [-0.4, -0.2) is 37.6 Å². The second-order valence-electron chi connectivity index (χ2n) is 7.38. The van der Waals surface area contributed by atoms with Crippen LogP contribution < -0.4 is 16.0 Å². The molecule has 28 heavy (non-hydrogen) atoms. The van der Waals surface area contributed by atoms with Gasteiger partial charge in [-0.2, -0.15) is 0 Å². The first-order chi connectivity index (χ1) is 13.6. The Morgan fingerprint density at radius 1 is 1.07 bits per heavy atom. The summed E-state index contributed by atoms with van der Waals surface area (Å²) in [5, 5.41) is 2.86. The zero-order chi connectivity index (χ0) is 19.5. The maximum Gasteiger partial charge on any atom is 0.258 e. The Morgan fingerprint density at radius 3 is 2.54 bits per heavy atom. The Morgan fingerprint density at radius 2 is 1.79 bits per heavy atom. The zero-order valence-electron chi connectivity index (χ0n) is 15.8. The maximum absolute atomic E-state index is 12.9. The minimum atomic E-state index is -0.550. The fourth-order valence-corrected chi connectivity index (χ4v) is 3.92. The van der Waals surface area contributed by atoms with Crippen molar-refractivity contribution in [1.29, 1.82) is 0 Å². The molecule has 146 valence electrons. The van der Waals surface area contributed by atoms with Gasteiger partial charge < -0.3 is 20.7 Å². The van der Waals surface area contributed by atoms with E-state index in [9.17, 15) is 9.59 Å². The Bertz CT molecular complexity index is 860. The summed E-state index contributed by atoms with van der Waals surface area (Å²) in [6.07, 6.45) is 2.48. The smallest absolute Gasteiger partial charge is 0.258 e. The lowest BCUT2D eigenvalue weighted by molar-refractivity contribution is -0.119. The van der Waals surface area contributed by atoms with Gasteiger partial charge in [0, 0.05) is 36.7 Å². The molecule has 0 bridgehead atoms. The normalized spacial score (nSPS) is 17.8. The molecule has 0 saturated carbocycles. The average Bonchev–Trinajstić information content (AvgIpc) is 3.18. The molecule has 0 spiro atoms. The van der Waals surface area contributed by atoms with Crippen LogP contribution in [0, 0.1) is 5.92 Å². The van der Waals surface area contributed by atoms with Crippen molar-refractivity contribution in [1.82, 2.24) is 0 Å². The Kier molecular flexibility index (Phi) is 5.41. The third-order valence-electron chi connectivity index (χ3n) is 5.61. The third-order valence-corrected chi connectivity index (χ3v) is 5.61. The number of rotatable bonds is 4. The minimum absolute atomic E-state index is 0.0262. The van der Waals surface area contributed by atoms with Crippen molar-refractivity contribution >= 4 is 23.2 Å². The van der Waals surface area contributed by atoms with Crippen molar-refractivity contribution in [2.75, 3.05) is 30.0 Å². The standard InChI is InChI=1S/C22H25N3O3/c23-20(16-10-13-28-14-11-16)21(26)24-18-7-5-17(6-8-18)22(27)25-12-9-15-3-1-2-4-19(15)25/h1-8,16,20H,9-14,23H2,(H,24,26). The van der Waals surface area contributed by atoms with Gasteiger partial charge in [-0.3, -0.25) is 9.59 Å². The molecule has 2 amide bonds. The summed E-state index contributed by atoms with van der Waals surface area (Å²) in [7, 11) is 0. The van der Waals surface area contributed by atoms with E-state index < -0.39 is 6.04 Å². The number of hydrogen-bond acceptors (Lipinski definition) is 4. The van der Waals surface area contributed by atoms with Gasteiger partial charge >= 0.3 is 0 Å². The van der Waals surface area contributed by atoms with E-state index in [2.05, 4.69) is 11.4 Å². The van der Waals surface area contributed by atoms with Crippen molar-refractivity contribution in [3.05, 3.63) is 59.7 Å². The number of nitrogens with two attached hydrogens (primary N) is 1. The number of hydrogen-bond donors (Lipinski definition) is 2. The monoisotopic (exact) mass is 379 g/mol. The van der Waals surface area contributed by atoms with E-state index in [0.29, 0.717) is 31.0 Å². The van der Waals surface area contributed by atoms with E-state index in [-0.39, 0.29) is 17.7 Å². The molecule has 0 aliphatic carbocycles. The lowest BCUT2D eigenvalue weighted by Gasteiger charge is -2.26. The summed E-state index contributed by atoms with van der Waals surface area (Å²) in [6, 6.07) is 14.4. The molecular weight excluding hydrogens is 354 g/mol. The Hall–Kier alpha value is -2.70. The number of para-hydroxylation sites is 1. The van der Waals surface area contributed by atoms with Gasteiger partial charge in [0.15, 0.2) is 0 Å². The van der Waals surface area contributed by atoms with Crippen LogP contribution in [0.4, 0.5) is 11.4 Å². The highest BCUT2D eigenvalue weighted by Crippen LogP contribution is 2.29. The van der Waals surface area contributed by atoms with Crippen LogP contribution in [0.5, 0.6) is 0 Å². The number of ether oxygens (including phenoxy) is 1. The number of anilines is 2. The quantitative estimate of drug-likeness (QED) is 0.855. The number of benzene rings is 2. The molecule has 1 saturated heterocycles. The summed E-state index contributed by atoms with van der Waals surface area (Å²) in [5.41, 5.74) is 9.54. The van der Waals surface area contributed by atoms with Crippen LogP contribution in [0.15, 0.2) is 48.5 Å². The van der Waals surface area contributed by atoms with E-state index in [1.54, 1.807) is 24.3 Å². The van der Waals surface area contributed by atoms with Gasteiger partial charge in [0.2, 0.25) is 5.91 Å². The minimum Gasteiger partial charge on any atom is -0.381 e. The maximum atomic E-state index is 12.9. The fourth-order valence-electron chi connectivity index (χ4n) is 3.92. The van der Waals surface area contributed by atoms with E-state index in [1.165, 1.54) is 5.56 Å². The highest BCUT2D eigenvalue weighted by Gasteiger charge is 2.27. The molecule has 2 aliphatic heterocycles. The number of nitrogens with one attached hydrogen (secondary N) is 1. The van der Waals surface area contributed by atoms with Crippen molar-refractivity contribution in [3.63, 3.8) is 0 Å². The molecule has 2 aromatic rings. The molecule has 1 unspecified atom stereocenters. The molecule has 6 nitrogen and oxygen atoms in total.